The maximum atomic E-state index is 11.6. The Morgan fingerprint density at radius 1 is 1.05 bits per heavy atom. The highest BCUT2D eigenvalue weighted by Gasteiger charge is 2.34. The minimum Gasteiger partial charge on any atom is -0.479 e. The Balaban J connectivity index is 2.36. The third kappa shape index (κ3) is 3.57. The second-order valence-corrected chi connectivity index (χ2v) is 6.71. The van der Waals surface area contributed by atoms with Crippen LogP contribution in [0.4, 0.5) is 0 Å². The average molecular weight is 358 g/mol. The zero-order valence-electron chi connectivity index (χ0n) is 12.1. The fourth-order valence-corrected chi connectivity index (χ4v) is 3.05. The van der Waals surface area contributed by atoms with E-state index in [1.165, 1.54) is 12.1 Å². The van der Waals surface area contributed by atoms with Crippen LogP contribution in [0, 0.1) is 0 Å². The minimum atomic E-state index is -0.744. The van der Waals surface area contributed by atoms with Crippen LogP contribution in [0.15, 0.2) is 42.5 Å². The van der Waals surface area contributed by atoms with Gasteiger partial charge in [0.2, 0.25) is 0 Å². The maximum absolute atomic E-state index is 11.6. The molecule has 2 nitrogen and oxygen atoms in total. The first-order valence-corrected chi connectivity index (χ1v) is 7.81. The lowest BCUT2D eigenvalue weighted by Gasteiger charge is -2.32. The molecule has 0 aliphatic heterocycles. The molecule has 2 aromatic rings. The molecule has 22 heavy (non-hydrogen) atoms. The highest BCUT2D eigenvalue weighted by molar-refractivity contribution is 6.40. The van der Waals surface area contributed by atoms with Gasteiger partial charge in [-0.05, 0) is 17.7 Å². The Morgan fingerprint density at radius 2 is 1.59 bits per heavy atom. The van der Waals surface area contributed by atoms with Crippen molar-refractivity contribution in [1.29, 1.82) is 0 Å². The quantitative estimate of drug-likeness (QED) is 0.654. The van der Waals surface area contributed by atoms with Crippen LogP contribution >= 0.6 is 34.8 Å². The van der Waals surface area contributed by atoms with Crippen LogP contribution in [-0.2, 0) is 10.2 Å². The van der Waals surface area contributed by atoms with Gasteiger partial charge in [-0.25, -0.2) is 0 Å². The predicted molar refractivity (Wildman–Crippen MR) is 91.4 cm³/mol. The van der Waals surface area contributed by atoms with Crippen molar-refractivity contribution in [2.24, 2.45) is 0 Å². The summed E-state index contributed by atoms with van der Waals surface area (Å²) in [6.07, 6.45) is 0.0138. The van der Waals surface area contributed by atoms with E-state index in [4.69, 9.17) is 39.5 Å². The lowest BCUT2D eigenvalue weighted by molar-refractivity contribution is -0.116. The van der Waals surface area contributed by atoms with Gasteiger partial charge in [0.1, 0.15) is 0 Å². The molecule has 0 fully saturated rings. The van der Waals surface area contributed by atoms with Crippen LogP contribution in [0.1, 0.15) is 19.4 Å². The molecule has 0 bridgehead atoms. The summed E-state index contributed by atoms with van der Waals surface area (Å²) in [5, 5.41) is 0.953. The molecule has 0 heterocycles. The minimum absolute atomic E-state index is 0.258. The van der Waals surface area contributed by atoms with Gasteiger partial charge in [-0.1, -0.05) is 79.0 Å². The molecule has 0 aliphatic rings. The SMILES string of the molecule is CC(C)(c1ccccc1)C(C=O)Oc1c(Cl)cc(Cl)cc1Cl. The van der Waals surface area contributed by atoms with Gasteiger partial charge in [0, 0.05) is 10.4 Å². The van der Waals surface area contributed by atoms with Crippen LogP contribution in [0.25, 0.3) is 0 Å². The molecule has 116 valence electrons. The zero-order chi connectivity index (χ0) is 16.3. The lowest BCUT2D eigenvalue weighted by Crippen LogP contribution is -2.39. The zero-order valence-corrected chi connectivity index (χ0v) is 14.4. The molecule has 2 rings (SSSR count). The van der Waals surface area contributed by atoms with Gasteiger partial charge in [-0.3, -0.25) is 4.79 Å². The number of carbonyl (C=O) groups is 1. The van der Waals surface area contributed by atoms with Gasteiger partial charge >= 0.3 is 0 Å². The third-order valence-corrected chi connectivity index (χ3v) is 4.34. The molecular formula is C17H15Cl3O2. The summed E-state index contributed by atoms with van der Waals surface area (Å²) < 4.78 is 5.81. The Hall–Kier alpha value is -1.22. The Morgan fingerprint density at radius 3 is 2.09 bits per heavy atom. The molecule has 2 aromatic carbocycles. The molecule has 0 radical (unpaired) electrons. The van der Waals surface area contributed by atoms with E-state index in [9.17, 15) is 4.79 Å². The summed E-state index contributed by atoms with van der Waals surface area (Å²) in [4.78, 5) is 11.6. The van der Waals surface area contributed by atoms with Crippen molar-refractivity contribution in [3.63, 3.8) is 0 Å². The molecule has 0 aromatic heterocycles. The number of halogens is 3. The molecule has 1 unspecified atom stereocenters. The molecule has 5 heteroatoms. The first-order valence-electron chi connectivity index (χ1n) is 6.68. The molecule has 0 saturated carbocycles. The van der Waals surface area contributed by atoms with Gasteiger partial charge in [0.15, 0.2) is 18.1 Å². The standard InChI is InChI=1S/C17H15Cl3O2/c1-17(2,11-6-4-3-5-7-11)15(10-21)22-16-13(19)8-12(18)9-14(16)20/h3-10,15H,1-2H3. The van der Waals surface area contributed by atoms with Crippen LogP contribution < -0.4 is 4.74 Å². The van der Waals surface area contributed by atoms with Crippen molar-refractivity contribution >= 4 is 41.1 Å². The summed E-state index contributed by atoms with van der Waals surface area (Å²) >= 11 is 18.1. The molecule has 0 saturated heterocycles. The maximum Gasteiger partial charge on any atom is 0.163 e. The summed E-state index contributed by atoms with van der Waals surface area (Å²) in [5.74, 6) is 0.258. The van der Waals surface area contributed by atoms with Crippen molar-refractivity contribution in [2.75, 3.05) is 0 Å². The number of hydrogen-bond donors (Lipinski definition) is 0. The van der Waals surface area contributed by atoms with Crippen LogP contribution in [-0.4, -0.2) is 12.4 Å². The summed E-state index contributed by atoms with van der Waals surface area (Å²) in [6.45, 7) is 3.86. The average Bonchev–Trinajstić information content (AvgIpc) is 2.47. The van der Waals surface area contributed by atoms with Crippen LogP contribution in [0.2, 0.25) is 15.1 Å². The number of hydrogen-bond acceptors (Lipinski definition) is 2. The van der Waals surface area contributed by atoms with Gasteiger partial charge in [-0.2, -0.15) is 0 Å². The van der Waals surface area contributed by atoms with Crippen LogP contribution in [0.5, 0.6) is 5.75 Å². The first-order chi connectivity index (χ1) is 10.4. The topological polar surface area (TPSA) is 26.3 Å². The van der Waals surface area contributed by atoms with Crippen LogP contribution in [0.3, 0.4) is 0 Å². The van der Waals surface area contributed by atoms with Crippen molar-refractivity contribution in [2.45, 2.75) is 25.4 Å². The van der Waals surface area contributed by atoms with E-state index >= 15 is 0 Å². The van der Waals surface area contributed by atoms with E-state index in [0.29, 0.717) is 5.02 Å². The van der Waals surface area contributed by atoms with E-state index in [-0.39, 0.29) is 15.8 Å². The fraction of sp³-hybridized carbons (Fsp3) is 0.235. The van der Waals surface area contributed by atoms with Crippen molar-refractivity contribution in [1.82, 2.24) is 0 Å². The van der Waals surface area contributed by atoms with Crippen molar-refractivity contribution < 1.29 is 9.53 Å². The molecular weight excluding hydrogens is 343 g/mol. The second-order valence-electron chi connectivity index (χ2n) is 5.46. The summed E-state index contributed by atoms with van der Waals surface area (Å²) in [5.41, 5.74) is 0.434. The summed E-state index contributed by atoms with van der Waals surface area (Å²) in [7, 11) is 0. The molecule has 0 amide bonds. The van der Waals surface area contributed by atoms with Crippen molar-refractivity contribution in [3.05, 3.63) is 63.1 Å². The van der Waals surface area contributed by atoms with Gasteiger partial charge in [-0.15, -0.1) is 0 Å². The van der Waals surface area contributed by atoms with Gasteiger partial charge < -0.3 is 4.74 Å². The second kappa shape index (κ2) is 6.91. The van der Waals surface area contributed by atoms with E-state index in [2.05, 4.69) is 0 Å². The smallest absolute Gasteiger partial charge is 0.163 e. The van der Waals surface area contributed by atoms with E-state index in [0.717, 1.165) is 11.8 Å². The largest absolute Gasteiger partial charge is 0.479 e. The number of aldehydes is 1. The third-order valence-electron chi connectivity index (χ3n) is 3.56. The Bertz CT molecular complexity index is 646. The Kier molecular flexibility index (Phi) is 5.38. The van der Waals surface area contributed by atoms with Gasteiger partial charge in [0.05, 0.1) is 10.0 Å². The highest BCUT2D eigenvalue weighted by atomic mass is 35.5. The summed E-state index contributed by atoms with van der Waals surface area (Å²) in [6, 6.07) is 12.7. The van der Waals surface area contributed by atoms with E-state index in [1.807, 2.05) is 44.2 Å². The Labute approximate surface area is 144 Å². The number of benzene rings is 2. The van der Waals surface area contributed by atoms with Crippen molar-refractivity contribution in [3.8, 4) is 5.75 Å². The normalized spacial score (nSPS) is 12.8. The first kappa shape index (κ1) is 17.1. The number of carbonyl (C=O) groups excluding carboxylic acids is 1. The van der Waals surface area contributed by atoms with Gasteiger partial charge in [0.25, 0.3) is 0 Å². The fourth-order valence-electron chi connectivity index (χ4n) is 2.15. The molecule has 0 N–H and O–H groups in total. The molecule has 0 spiro atoms. The lowest BCUT2D eigenvalue weighted by atomic mass is 9.80. The highest BCUT2D eigenvalue weighted by Crippen LogP contribution is 2.38. The number of rotatable bonds is 5. The number of ether oxygens (including phenoxy) is 1. The van der Waals surface area contributed by atoms with E-state index < -0.39 is 11.5 Å². The molecule has 1 atom stereocenters. The monoisotopic (exact) mass is 356 g/mol. The van der Waals surface area contributed by atoms with E-state index in [1.54, 1.807) is 0 Å². The molecule has 0 aliphatic carbocycles. The predicted octanol–water partition coefficient (Wildman–Crippen LogP) is 5.57.